The van der Waals surface area contributed by atoms with Gasteiger partial charge < -0.3 is 4.90 Å². The first-order chi connectivity index (χ1) is 15.8. The second-order valence-corrected chi connectivity index (χ2v) is 7.75. The van der Waals surface area contributed by atoms with Crippen molar-refractivity contribution in [2.24, 2.45) is 0 Å². The molecule has 32 heavy (non-hydrogen) atoms. The summed E-state index contributed by atoms with van der Waals surface area (Å²) in [5, 5.41) is 0. The Morgan fingerprint density at radius 3 is 1.16 bits per heavy atom. The second kappa shape index (κ2) is 8.99. The fraction of sp³-hybridized carbons (Fsp3) is 0. The zero-order valence-corrected chi connectivity index (χ0v) is 17.7. The summed E-state index contributed by atoms with van der Waals surface area (Å²) < 4.78 is 0. The average Bonchev–Trinajstić information content (AvgIpc) is 2.87. The molecule has 0 bridgehead atoms. The molecule has 5 aromatic carbocycles. The van der Waals surface area contributed by atoms with E-state index in [1.165, 1.54) is 16.7 Å². The summed E-state index contributed by atoms with van der Waals surface area (Å²) in [6.07, 6.45) is 0. The highest BCUT2D eigenvalue weighted by Gasteiger charge is 2.12. The van der Waals surface area contributed by atoms with Gasteiger partial charge in [-0.15, -0.1) is 0 Å². The maximum atomic E-state index is 5.84. The molecule has 5 rings (SSSR count). The molecule has 0 amide bonds. The second-order valence-electron chi connectivity index (χ2n) is 7.75. The molecule has 0 saturated carbocycles. The minimum Gasteiger partial charge on any atom is -0.311 e. The Morgan fingerprint density at radius 1 is 0.344 bits per heavy atom. The van der Waals surface area contributed by atoms with E-state index in [1.807, 2.05) is 24.3 Å². The summed E-state index contributed by atoms with van der Waals surface area (Å²) in [6.45, 7) is 0. The van der Waals surface area contributed by atoms with Gasteiger partial charge in [-0.2, -0.15) is 0 Å². The zero-order valence-electron chi connectivity index (χ0n) is 17.7. The zero-order chi connectivity index (χ0) is 21.8. The van der Waals surface area contributed by atoms with Crippen molar-refractivity contribution >= 4 is 30.4 Å². The Bertz CT molecular complexity index is 1280. The van der Waals surface area contributed by atoms with Gasteiger partial charge in [0.25, 0.3) is 0 Å². The number of rotatable bonds is 5. The molecule has 2 heteroatoms. The highest BCUT2D eigenvalue weighted by atomic mass is 15.1. The molecule has 0 aromatic heterocycles. The van der Waals surface area contributed by atoms with E-state index in [-0.39, 0.29) is 0 Å². The first-order valence-electron chi connectivity index (χ1n) is 10.7. The fourth-order valence-electron chi connectivity index (χ4n) is 3.94. The van der Waals surface area contributed by atoms with Crippen LogP contribution in [-0.2, 0) is 0 Å². The van der Waals surface area contributed by atoms with Gasteiger partial charge >= 0.3 is 0 Å². The lowest BCUT2D eigenvalue weighted by atomic mass is 9.93. The third-order valence-electron chi connectivity index (χ3n) is 5.62. The molecule has 0 unspecified atom stereocenters. The van der Waals surface area contributed by atoms with Crippen LogP contribution in [0.25, 0.3) is 22.3 Å². The van der Waals surface area contributed by atoms with E-state index in [0.29, 0.717) is 0 Å². The average molecular weight is 407 g/mol. The predicted octanol–water partition coefficient (Wildman–Crippen LogP) is 7.28. The molecule has 0 aliphatic heterocycles. The van der Waals surface area contributed by atoms with Crippen LogP contribution in [0.4, 0.5) is 17.1 Å². The Kier molecular flexibility index (Phi) is 5.59. The van der Waals surface area contributed by atoms with E-state index in [2.05, 4.69) is 114 Å². The number of hydrogen-bond donors (Lipinski definition) is 0. The van der Waals surface area contributed by atoms with Crippen molar-refractivity contribution in [3.8, 4) is 22.3 Å². The van der Waals surface area contributed by atoms with Gasteiger partial charge in [0.2, 0.25) is 0 Å². The number of hydrogen-bond acceptors (Lipinski definition) is 1. The molecule has 0 aliphatic carbocycles. The van der Waals surface area contributed by atoms with E-state index < -0.39 is 0 Å². The lowest BCUT2D eigenvalue weighted by Crippen LogP contribution is -2.09. The predicted molar refractivity (Wildman–Crippen MR) is 137 cm³/mol. The highest BCUT2D eigenvalue weighted by Crippen LogP contribution is 2.36. The molecule has 5 aromatic rings. The quantitative estimate of drug-likeness (QED) is 0.277. The standard InChI is InChI=1S/C30H22BN/c31-27-17-11-24(12-18-27)26-15-21-30(22-16-26)32(28-9-5-2-6-10-28)29-19-13-25(14-20-29)23-7-3-1-4-8-23/h1-22H. The summed E-state index contributed by atoms with van der Waals surface area (Å²) in [7, 11) is 5.84. The van der Waals surface area contributed by atoms with Crippen molar-refractivity contribution in [1.29, 1.82) is 0 Å². The molecule has 0 atom stereocenters. The Hall–Kier alpha value is -4.04. The number of benzene rings is 5. The van der Waals surface area contributed by atoms with Crippen LogP contribution in [0.15, 0.2) is 133 Å². The van der Waals surface area contributed by atoms with Crippen molar-refractivity contribution in [3.63, 3.8) is 0 Å². The molecular formula is C30H22BN. The fourth-order valence-corrected chi connectivity index (χ4v) is 3.94. The topological polar surface area (TPSA) is 3.24 Å². The maximum absolute atomic E-state index is 5.84. The van der Waals surface area contributed by atoms with Crippen molar-refractivity contribution in [2.45, 2.75) is 0 Å². The normalized spacial score (nSPS) is 10.6. The van der Waals surface area contributed by atoms with Gasteiger partial charge in [-0.05, 0) is 58.7 Å². The number of para-hydroxylation sites is 1. The summed E-state index contributed by atoms with van der Waals surface area (Å²) in [6, 6.07) is 46.3. The van der Waals surface area contributed by atoms with Crippen molar-refractivity contribution < 1.29 is 0 Å². The molecule has 150 valence electrons. The van der Waals surface area contributed by atoms with Crippen molar-refractivity contribution in [3.05, 3.63) is 133 Å². The first kappa shape index (κ1) is 19.9. The van der Waals surface area contributed by atoms with Gasteiger partial charge in [0.15, 0.2) is 0 Å². The van der Waals surface area contributed by atoms with Crippen LogP contribution in [0.1, 0.15) is 0 Å². The summed E-state index contributed by atoms with van der Waals surface area (Å²) in [5.74, 6) is 0. The Labute approximate surface area is 191 Å². The van der Waals surface area contributed by atoms with Crippen LogP contribution in [0.5, 0.6) is 0 Å². The van der Waals surface area contributed by atoms with E-state index in [9.17, 15) is 0 Å². The van der Waals surface area contributed by atoms with Gasteiger partial charge in [0.05, 0.1) is 0 Å². The molecule has 0 saturated heterocycles. The van der Waals surface area contributed by atoms with Gasteiger partial charge in [0, 0.05) is 17.1 Å². The minimum absolute atomic E-state index is 0.777. The number of anilines is 3. The summed E-state index contributed by atoms with van der Waals surface area (Å²) in [4.78, 5) is 2.28. The summed E-state index contributed by atoms with van der Waals surface area (Å²) >= 11 is 0. The van der Waals surface area contributed by atoms with E-state index in [0.717, 1.165) is 28.1 Å². The Morgan fingerprint density at radius 2 is 0.688 bits per heavy atom. The SMILES string of the molecule is [B]c1ccc(-c2ccc(N(c3ccccc3)c3ccc(-c4ccccc4)cc3)cc2)cc1. The maximum Gasteiger partial charge on any atom is 0.113 e. The molecule has 0 aliphatic rings. The lowest BCUT2D eigenvalue weighted by molar-refractivity contribution is 1.28. The molecule has 0 heterocycles. The minimum atomic E-state index is 0.777. The van der Waals surface area contributed by atoms with Crippen LogP contribution >= 0.6 is 0 Å². The van der Waals surface area contributed by atoms with Crippen LogP contribution < -0.4 is 10.4 Å². The van der Waals surface area contributed by atoms with Crippen LogP contribution in [-0.4, -0.2) is 7.85 Å². The third kappa shape index (κ3) is 4.21. The monoisotopic (exact) mass is 407 g/mol. The molecule has 0 spiro atoms. The third-order valence-corrected chi connectivity index (χ3v) is 5.62. The summed E-state index contributed by atoms with van der Waals surface area (Å²) in [5.41, 5.74) is 8.89. The first-order valence-corrected chi connectivity index (χ1v) is 10.7. The van der Waals surface area contributed by atoms with Crippen molar-refractivity contribution in [1.82, 2.24) is 0 Å². The van der Waals surface area contributed by atoms with E-state index in [1.54, 1.807) is 0 Å². The highest BCUT2D eigenvalue weighted by molar-refractivity contribution is 6.32. The number of nitrogens with zero attached hydrogens (tertiary/aromatic N) is 1. The van der Waals surface area contributed by atoms with E-state index >= 15 is 0 Å². The largest absolute Gasteiger partial charge is 0.311 e. The lowest BCUT2D eigenvalue weighted by Gasteiger charge is -2.26. The molecule has 2 radical (unpaired) electrons. The van der Waals surface area contributed by atoms with Crippen LogP contribution in [0.3, 0.4) is 0 Å². The van der Waals surface area contributed by atoms with Gasteiger partial charge in [-0.3, -0.25) is 0 Å². The van der Waals surface area contributed by atoms with Gasteiger partial charge in [-0.1, -0.05) is 103 Å². The molecule has 0 N–H and O–H groups in total. The molecule has 0 fully saturated rings. The van der Waals surface area contributed by atoms with E-state index in [4.69, 9.17) is 7.85 Å². The smallest absolute Gasteiger partial charge is 0.113 e. The van der Waals surface area contributed by atoms with Crippen molar-refractivity contribution in [2.75, 3.05) is 4.90 Å². The van der Waals surface area contributed by atoms with Crippen LogP contribution in [0.2, 0.25) is 0 Å². The van der Waals surface area contributed by atoms with Crippen LogP contribution in [0, 0.1) is 0 Å². The van der Waals surface area contributed by atoms with Gasteiger partial charge in [-0.25, -0.2) is 0 Å². The molecule has 1 nitrogen and oxygen atoms in total. The molecular weight excluding hydrogens is 385 g/mol. The Balaban J connectivity index is 1.51. The van der Waals surface area contributed by atoms with Gasteiger partial charge in [0.1, 0.15) is 7.85 Å².